The van der Waals surface area contributed by atoms with Gasteiger partial charge in [-0.2, -0.15) is 0 Å². The van der Waals surface area contributed by atoms with E-state index in [4.69, 9.17) is 19.0 Å². The first-order valence-corrected chi connectivity index (χ1v) is 9.26. The Labute approximate surface area is 147 Å². The van der Waals surface area contributed by atoms with E-state index in [0.29, 0.717) is 19.8 Å². The quantitative estimate of drug-likeness (QED) is 0.249. The third-order valence-corrected chi connectivity index (χ3v) is 3.56. The van der Waals surface area contributed by atoms with Crippen molar-refractivity contribution < 1.29 is 24.2 Å². The van der Waals surface area contributed by atoms with E-state index < -0.39 is 18.3 Å². The molecule has 3 atom stereocenters. The molecule has 0 aromatic rings. The first-order valence-electron chi connectivity index (χ1n) is 9.26. The van der Waals surface area contributed by atoms with Crippen molar-refractivity contribution >= 4 is 6.21 Å². The van der Waals surface area contributed by atoms with Crippen LogP contribution in [0.25, 0.3) is 0 Å². The molecular formula is C18H37NO5. The molecule has 0 aromatic heterocycles. The molecule has 0 saturated carbocycles. The standard InChI is InChI=1S/C18H37NO5/c1-5-8-11-22-15-16(20)18(24-13-10-7-3)17(14-19-21-4)23-12-9-6-2/h14,16-18,20H,5-13,15H2,1-4H3/b19-14+/t16-,17+,18-/m1/s1. The van der Waals surface area contributed by atoms with Crippen LogP contribution in [0.15, 0.2) is 5.16 Å². The Morgan fingerprint density at radius 2 is 1.50 bits per heavy atom. The van der Waals surface area contributed by atoms with Gasteiger partial charge in [0.2, 0.25) is 0 Å². The molecule has 0 saturated heterocycles. The van der Waals surface area contributed by atoms with Crippen LogP contribution < -0.4 is 0 Å². The van der Waals surface area contributed by atoms with Crippen LogP contribution in [0, 0.1) is 0 Å². The lowest BCUT2D eigenvalue weighted by Gasteiger charge is -2.28. The zero-order chi connectivity index (χ0) is 18.0. The number of hydrogen-bond donors (Lipinski definition) is 1. The van der Waals surface area contributed by atoms with Crippen molar-refractivity contribution in [2.75, 3.05) is 33.5 Å². The minimum absolute atomic E-state index is 0.227. The van der Waals surface area contributed by atoms with Crippen LogP contribution in [0.4, 0.5) is 0 Å². The third kappa shape index (κ3) is 11.8. The van der Waals surface area contributed by atoms with Gasteiger partial charge in [0.05, 0.1) is 12.8 Å². The van der Waals surface area contributed by atoms with Crippen LogP contribution in [-0.2, 0) is 19.0 Å². The van der Waals surface area contributed by atoms with E-state index in [1.807, 2.05) is 0 Å². The second-order valence-electron chi connectivity index (χ2n) is 5.81. The number of oxime groups is 1. The molecule has 0 fully saturated rings. The van der Waals surface area contributed by atoms with Gasteiger partial charge in [-0.1, -0.05) is 45.2 Å². The maximum atomic E-state index is 10.5. The fourth-order valence-corrected chi connectivity index (χ4v) is 2.04. The summed E-state index contributed by atoms with van der Waals surface area (Å²) in [4.78, 5) is 4.77. The predicted octanol–water partition coefficient (Wildman–Crippen LogP) is 3.17. The molecule has 0 aliphatic rings. The highest BCUT2D eigenvalue weighted by Crippen LogP contribution is 2.12. The minimum Gasteiger partial charge on any atom is -0.399 e. The summed E-state index contributed by atoms with van der Waals surface area (Å²) in [5.41, 5.74) is 0. The number of aliphatic hydroxyl groups excluding tert-OH is 1. The highest BCUT2D eigenvalue weighted by atomic mass is 16.6. The Kier molecular flexibility index (Phi) is 16.7. The highest BCUT2D eigenvalue weighted by Gasteiger charge is 2.29. The molecule has 0 amide bonds. The molecule has 0 aliphatic carbocycles. The van der Waals surface area contributed by atoms with E-state index in [-0.39, 0.29) is 6.61 Å². The van der Waals surface area contributed by atoms with E-state index in [1.165, 1.54) is 7.11 Å². The topological polar surface area (TPSA) is 69.5 Å². The smallest absolute Gasteiger partial charge is 0.125 e. The minimum atomic E-state index is -0.770. The largest absolute Gasteiger partial charge is 0.399 e. The Balaban J connectivity index is 4.73. The lowest BCUT2D eigenvalue weighted by atomic mass is 10.1. The SMILES string of the molecule is CCCCOC[C@@H](O)[C@@H](OCCCC)[C@H](/C=N/OC)OCCCC. The number of hydrogen-bond acceptors (Lipinski definition) is 6. The van der Waals surface area contributed by atoms with Gasteiger partial charge >= 0.3 is 0 Å². The summed E-state index contributed by atoms with van der Waals surface area (Å²) in [5.74, 6) is 0. The van der Waals surface area contributed by atoms with Crippen LogP contribution in [0.1, 0.15) is 59.3 Å². The molecule has 144 valence electrons. The van der Waals surface area contributed by atoms with E-state index in [2.05, 4.69) is 25.9 Å². The van der Waals surface area contributed by atoms with E-state index in [0.717, 1.165) is 38.5 Å². The second kappa shape index (κ2) is 17.1. The summed E-state index contributed by atoms with van der Waals surface area (Å²) in [6.07, 6.45) is 5.81. The van der Waals surface area contributed by atoms with Crippen molar-refractivity contribution in [3.63, 3.8) is 0 Å². The van der Waals surface area contributed by atoms with Gasteiger partial charge in [0.15, 0.2) is 0 Å². The van der Waals surface area contributed by atoms with E-state index >= 15 is 0 Å². The molecule has 0 heterocycles. The molecule has 0 rings (SSSR count). The maximum absolute atomic E-state index is 10.5. The van der Waals surface area contributed by atoms with Gasteiger partial charge in [-0.3, -0.25) is 0 Å². The number of ether oxygens (including phenoxy) is 3. The van der Waals surface area contributed by atoms with Gasteiger partial charge in [-0.15, -0.1) is 0 Å². The van der Waals surface area contributed by atoms with Crippen LogP contribution in [0.3, 0.4) is 0 Å². The van der Waals surface area contributed by atoms with Crippen LogP contribution in [0.5, 0.6) is 0 Å². The lowest BCUT2D eigenvalue weighted by Crippen LogP contribution is -2.45. The van der Waals surface area contributed by atoms with Crippen LogP contribution in [-0.4, -0.2) is 63.2 Å². The average Bonchev–Trinajstić information content (AvgIpc) is 2.59. The Morgan fingerprint density at radius 1 is 0.917 bits per heavy atom. The van der Waals surface area contributed by atoms with Gasteiger partial charge in [0, 0.05) is 19.8 Å². The van der Waals surface area contributed by atoms with Crippen molar-refractivity contribution in [1.29, 1.82) is 0 Å². The molecule has 0 spiro atoms. The Morgan fingerprint density at radius 3 is 2.08 bits per heavy atom. The zero-order valence-corrected chi connectivity index (χ0v) is 15.9. The third-order valence-electron chi connectivity index (χ3n) is 3.56. The van der Waals surface area contributed by atoms with Crippen LogP contribution in [0.2, 0.25) is 0 Å². The molecule has 0 unspecified atom stereocenters. The molecule has 6 nitrogen and oxygen atoms in total. The first-order chi connectivity index (χ1) is 11.7. The molecule has 0 radical (unpaired) electrons. The summed E-state index contributed by atoms with van der Waals surface area (Å²) in [5, 5.41) is 14.3. The first kappa shape index (κ1) is 23.3. The summed E-state index contributed by atoms with van der Waals surface area (Å²) in [6.45, 7) is 8.34. The summed E-state index contributed by atoms with van der Waals surface area (Å²) >= 11 is 0. The summed E-state index contributed by atoms with van der Waals surface area (Å²) in [7, 11) is 1.48. The number of aliphatic hydroxyl groups is 1. The normalized spacial score (nSPS) is 15.5. The fraction of sp³-hybridized carbons (Fsp3) is 0.944. The number of unbranched alkanes of at least 4 members (excludes halogenated alkanes) is 3. The maximum Gasteiger partial charge on any atom is 0.125 e. The lowest BCUT2D eigenvalue weighted by molar-refractivity contribution is -0.118. The Bertz CT molecular complexity index is 289. The fourth-order valence-electron chi connectivity index (χ4n) is 2.04. The van der Waals surface area contributed by atoms with Gasteiger partial charge in [-0.25, -0.2) is 0 Å². The van der Waals surface area contributed by atoms with Gasteiger partial charge in [0.25, 0.3) is 0 Å². The predicted molar refractivity (Wildman–Crippen MR) is 96.5 cm³/mol. The molecular weight excluding hydrogens is 310 g/mol. The zero-order valence-electron chi connectivity index (χ0n) is 15.9. The van der Waals surface area contributed by atoms with Crippen molar-refractivity contribution in [3.8, 4) is 0 Å². The highest BCUT2D eigenvalue weighted by molar-refractivity contribution is 5.63. The molecule has 0 aliphatic heterocycles. The molecule has 0 aromatic carbocycles. The summed E-state index contributed by atoms with van der Waals surface area (Å²) < 4.78 is 17.3. The van der Waals surface area contributed by atoms with Crippen molar-refractivity contribution in [3.05, 3.63) is 0 Å². The molecule has 1 N–H and O–H groups in total. The number of rotatable bonds is 17. The van der Waals surface area contributed by atoms with Crippen molar-refractivity contribution in [2.45, 2.75) is 77.6 Å². The second-order valence-corrected chi connectivity index (χ2v) is 5.81. The average molecular weight is 347 g/mol. The monoisotopic (exact) mass is 347 g/mol. The number of nitrogens with zero attached hydrogens (tertiary/aromatic N) is 1. The molecule has 24 heavy (non-hydrogen) atoms. The van der Waals surface area contributed by atoms with E-state index in [9.17, 15) is 5.11 Å². The van der Waals surface area contributed by atoms with Crippen molar-refractivity contribution in [2.24, 2.45) is 5.16 Å². The Hall–Kier alpha value is -0.690. The van der Waals surface area contributed by atoms with Gasteiger partial charge in [0.1, 0.15) is 25.4 Å². The molecule has 0 bridgehead atoms. The summed E-state index contributed by atoms with van der Waals surface area (Å²) in [6, 6.07) is 0. The van der Waals surface area contributed by atoms with Gasteiger partial charge < -0.3 is 24.2 Å². The van der Waals surface area contributed by atoms with Crippen molar-refractivity contribution in [1.82, 2.24) is 0 Å². The van der Waals surface area contributed by atoms with Crippen LogP contribution >= 0.6 is 0 Å². The molecule has 6 heteroatoms. The van der Waals surface area contributed by atoms with E-state index in [1.54, 1.807) is 6.21 Å². The van der Waals surface area contributed by atoms with Gasteiger partial charge in [-0.05, 0) is 19.3 Å².